The molecular formula is C18H14ClF2N3O. The Hall–Kier alpha value is -2.47. The van der Waals surface area contributed by atoms with Gasteiger partial charge in [0.05, 0.1) is 12.7 Å². The molecule has 0 unspecified atom stereocenters. The lowest BCUT2D eigenvalue weighted by Crippen LogP contribution is -2.22. The minimum atomic E-state index is -0.411. The summed E-state index contributed by atoms with van der Waals surface area (Å²) >= 11 is 5.97. The molecule has 4 rings (SSSR count). The zero-order chi connectivity index (χ0) is 17.4. The highest BCUT2D eigenvalue weighted by molar-refractivity contribution is 6.30. The Balaban J connectivity index is 1.65. The highest BCUT2D eigenvalue weighted by Crippen LogP contribution is 2.29. The van der Waals surface area contributed by atoms with E-state index in [2.05, 4.69) is 9.97 Å². The molecule has 0 N–H and O–H groups in total. The summed E-state index contributed by atoms with van der Waals surface area (Å²) in [5.41, 5.74) is 1.97. The van der Waals surface area contributed by atoms with Gasteiger partial charge in [0.2, 0.25) is 5.89 Å². The molecule has 0 radical (unpaired) electrons. The van der Waals surface area contributed by atoms with Crippen molar-refractivity contribution in [1.29, 1.82) is 0 Å². The Labute approximate surface area is 148 Å². The molecule has 3 heterocycles. The molecule has 128 valence electrons. The van der Waals surface area contributed by atoms with E-state index in [0.29, 0.717) is 28.8 Å². The number of oxazole rings is 1. The largest absolute Gasteiger partial charge is 0.440 e. The van der Waals surface area contributed by atoms with Crippen LogP contribution in [0.5, 0.6) is 0 Å². The van der Waals surface area contributed by atoms with Gasteiger partial charge in [0, 0.05) is 23.7 Å². The Kier molecular flexibility index (Phi) is 4.13. The highest BCUT2D eigenvalue weighted by atomic mass is 35.5. The van der Waals surface area contributed by atoms with E-state index in [4.69, 9.17) is 16.0 Å². The number of rotatable bonds is 2. The number of fused-ring (bicyclic) bond motifs is 1. The minimum Gasteiger partial charge on any atom is -0.440 e. The average Bonchev–Trinajstić information content (AvgIpc) is 2.86. The topological polar surface area (TPSA) is 42.2 Å². The maximum absolute atomic E-state index is 13.7. The molecule has 0 saturated carbocycles. The van der Waals surface area contributed by atoms with Gasteiger partial charge in [-0.3, -0.25) is 0 Å². The van der Waals surface area contributed by atoms with Crippen molar-refractivity contribution < 1.29 is 13.2 Å². The molecule has 1 aliphatic rings. The van der Waals surface area contributed by atoms with Crippen LogP contribution in [0.4, 0.5) is 14.5 Å². The van der Waals surface area contributed by atoms with Crippen LogP contribution >= 0.6 is 11.6 Å². The van der Waals surface area contributed by atoms with Crippen LogP contribution in [0, 0.1) is 11.6 Å². The van der Waals surface area contributed by atoms with E-state index < -0.39 is 5.82 Å². The maximum atomic E-state index is 13.7. The smallest absolute Gasteiger partial charge is 0.245 e. The van der Waals surface area contributed by atoms with Crippen LogP contribution in [-0.4, -0.2) is 16.5 Å². The van der Waals surface area contributed by atoms with Crippen molar-refractivity contribution >= 4 is 17.3 Å². The van der Waals surface area contributed by atoms with Crippen LogP contribution in [-0.2, 0) is 13.0 Å². The molecule has 1 aromatic carbocycles. The summed E-state index contributed by atoms with van der Waals surface area (Å²) < 4.78 is 32.5. The number of halogens is 3. The van der Waals surface area contributed by atoms with Crippen LogP contribution < -0.4 is 4.90 Å². The average molecular weight is 362 g/mol. The molecule has 0 amide bonds. The van der Waals surface area contributed by atoms with Gasteiger partial charge in [-0.05, 0) is 36.8 Å². The first kappa shape index (κ1) is 16.0. The van der Waals surface area contributed by atoms with Gasteiger partial charge < -0.3 is 9.32 Å². The van der Waals surface area contributed by atoms with Crippen LogP contribution in [0.1, 0.15) is 17.9 Å². The van der Waals surface area contributed by atoms with Gasteiger partial charge >= 0.3 is 0 Å². The second kappa shape index (κ2) is 6.44. The van der Waals surface area contributed by atoms with Gasteiger partial charge in [0.1, 0.15) is 28.8 Å². The lowest BCUT2D eigenvalue weighted by atomic mass is 10.2. The summed E-state index contributed by atoms with van der Waals surface area (Å²) in [6, 6.07) is 7.32. The number of benzene rings is 1. The first-order valence-corrected chi connectivity index (χ1v) is 8.28. The molecule has 25 heavy (non-hydrogen) atoms. The first-order chi connectivity index (χ1) is 12.1. The third-order valence-electron chi connectivity index (χ3n) is 4.11. The Morgan fingerprint density at radius 3 is 2.76 bits per heavy atom. The second-order valence-electron chi connectivity index (χ2n) is 5.90. The van der Waals surface area contributed by atoms with Gasteiger partial charge in [0.25, 0.3) is 0 Å². The van der Waals surface area contributed by atoms with Crippen molar-refractivity contribution in [2.75, 3.05) is 11.4 Å². The fourth-order valence-corrected chi connectivity index (χ4v) is 3.16. The first-order valence-electron chi connectivity index (χ1n) is 7.90. The molecule has 1 aliphatic heterocycles. The predicted molar refractivity (Wildman–Crippen MR) is 90.5 cm³/mol. The van der Waals surface area contributed by atoms with Gasteiger partial charge in [-0.15, -0.1) is 0 Å². The molecule has 0 aliphatic carbocycles. The van der Waals surface area contributed by atoms with E-state index in [1.807, 2.05) is 4.90 Å². The van der Waals surface area contributed by atoms with E-state index in [9.17, 15) is 8.78 Å². The van der Waals surface area contributed by atoms with Crippen molar-refractivity contribution in [2.24, 2.45) is 0 Å². The SMILES string of the molecule is Fc1ccc(-c2nc3c(o2)CCCN(c2cc(F)cc(Cl)c2)C3)nc1. The molecule has 0 saturated heterocycles. The summed E-state index contributed by atoms with van der Waals surface area (Å²) in [5, 5.41) is 0.357. The van der Waals surface area contributed by atoms with E-state index >= 15 is 0 Å². The monoisotopic (exact) mass is 361 g/mol. The van der Waals surface area contributed by atoms with Crippen LogP contribution in [0.25, 0.3) is 11.6 Å². The van der Waals surface area contributed by atoms with Crippen molar-refractivity contribution in [1.82, 2.24) is 9.97 Å². The van der Waals surface area contributed by atoms with Crippen LogP contribution in [0.3, 0.4) is 0 Å². The maximum Gasteiger partial charge on any atom is 0.245 e. The summed E-state index contributed by atoms with van der Waals surface area (Å²) in [7, 11) is 0. The quantitative estimate of drug-likeness (QED) is 0.668. The third-order valence-corrected chi connectivity index (χ3v) is 4.33. The molecule has 0 fully saturated rings. The van der Waals surface area contributed by atoms with Crippen LogP contribution in [0.15, 0.2) is 40.9 Å². The number of nitrogens with zero attached hydrogens (tertiary/aromatic N) is 3. The minimum absolute atomic E-state index is 0.357. The number of pyridine rings is 1. The van der Waals surface area contributed by atoms with Crippen molar-refractivity contribution in [2.45, 2.75) is 19.4 Å². The highest BCUT2D eigenvalue weighted by Gasteiger charge is 2.22. The summed E-state index contributed by atoms with van der Waals surface area (Å²) in [6.07, 6.45) is 2.70. The van der Waals surface area contributed by atoms with Gasteiger partial charge in [0.15, 0.2) is 0 Å². The summed E-state index contributed by atoms with van der Waals surface area (Å²) in [6.45, 7) is 1.23. The number of anilines is 1. The standard InChI is InChI=1S/C18H14ClF2N3O/c19-11-6-13(21)8-14(7-11)24-5-1-2-17-16(10-24)23-18(25-17)15-4-3-12(20)9-22-15/h3-4,6-9H,1-2,5,10H2. The molecule has 3 aromatic rings. The molecule has 2 aromatic heterocycles. The Morgan fingerprint density at radius 1 is 1.12 bits per heavy atom. The normalized spacial score (nSPS) is 14.3. The van der Waals surface area contributed by atoms with E-state index in [-0.39, 0.29) is 5.82 Å². The van der Waals surface area contributed by atoms with Gasteiger partial charge in [-0.2, -0.15) is 0 Å². The fraction of sp³-hybridized carbons (Fsp3) is 0.222. The lowest BCUT2D eigenvalue weighted by Gasteiger charge is -2.22. The lowest BCUT2D eigenvalue weighted by molar-refractivity contribution is 0.510. The Morgan fingerprint density at radius 2 is 2.00 bits per heavy atom. The summed E-state index contributed by atoms with van der Waals surface area (Å²) in [5.74, 6) is 0.365. The van der Waals surface area contributed by atoms with Crippen molar-refractivity contribution in [3.05, 3.63) is 64.6 Å². The second-order valence-corrected chi connectivity index (χ2v) is 6.34. The van der Waals surface area contributed by atoms with Gasteiger partial charge in [-0.1, -0.05) is 11.6 Å². The van der Waals surface area contributed by atoms with E-state index in [1.165, 1.54) is 24.3 Å². The molecule has 0 atom stereocenters. The molecule has 0 spiro atoms. The van der Waals surface area contributed by atoms with Crippen LogP contribution in [0.2, 0.25) is 5.02 Å². The fourth-order valence-electron chi connectivity index (χ4n) is 2.95. The zero-order valence-electron chi connectivity index (χ0n) is 13.2. The molecule has 4 nitrogen and oxygen atoms in total. The van der Waals surface area contributed by atoms with Gasteiger partial charge in [-0.25, -0.2) is 18.7 Å². The van der Waals surface area contributed by atoms with Crippen molar-refractivity contribution in [3.63, 3.8) is 0 Å². The predicted octanol–water partition coefficient (Wildman–Crippen LogP) is 4.62. The van der Waals surface area contributed by atoms with Crippen molar-refractivity contribution in [3.8, 4) is 11.6 Å². The van der Waals surface area contributed by atoms with E-state index in [0.717, 1.165) is 37.0 Å². The zero-order valence-corrected chi connectivity index (χ0v) is 13.9. The molecular weight excluding hydrogens is 348 g/mol. The molecule has 0 bridgehead atoms. The molecule has 7 heteroatoms. The number of aryl methyl sites for hydroxylation is 1. The summed E-state index contributed by atoms with van der Waals surface area (Å²) in [4.78, 5) is 10.5. The number of aromatic nitrogens is 2. The third kappa shape index (κ3) is 3.35. The van der Waals surface area contributed by atoms with E-state index in [1.54, 1.807) is 6.07 Å². The number of hydrogen-bond donors (Lipinski definition) is 0. The Bertz CT molecular complexity index is 891. The number of hydrogen-bond acceptors (Lipinski definition) is 4.